The first-order chi connectivity index (χ1) is 11.1. The molecule has 5 nitrogen and oxygen atoms in total. The van der Waals surface area contributed by atoms with Gasteiger partial charge in [0.25, 0.3) is 0 Å². The number of aromatic nitrogens is 3. The van der Waals surface area contributed by atoms with Gasteiger partial charge in [-0.3, -0.25) is 9.98 Å². The molecular weight excluding hydrogens is 306 g/mol. The van der Waals surface area contributed by atoms with E-state index < -0.39 is 0 Å². The van der Waals surface area contributed by atoms with Gasteiger partial charge in [-0.2, -0.15) is 5.26 Å². The Hall–Kier alpha value is -2.52. The molecule has 0 saturated heterocycles. The second kappa shape index (κ2) is 5.94. The van der Waals surface area contributed by atoms with Crippen molar-refractivity contribution in [2.24, 2.45) is 0 Å². The molecule has 23 heavy (non-hydrogen) atoms. The Morgan fingerprint density at radius 2 is 2.17 bits per heavy atom. The van der Waals surface area contributed by atoms with Gasteiger partial charge in [-0.25, -0.2) is 4.98 Å². The Bertz CT molecular complexity index is 991. The Labute approximate surface area is 138 Å². The van der Waals surface area contributed by atoms with E-state index in [0.29, 0.717) is 22.4 Å². The molecule has 0 spiro atoms. The molecule has 3 rings (SSSR count). The highest BCUT2D eigenvalue weighted by atomic mass is 32.2. The first-order valence-electron chi connectivity index (χ1n) is 7.36. The molecular formula is C17H17N5S. The lowest BCUT2D eigenvalue weighted by Crippen LogP contribution is -2.22. The SMILES string of the molecule is CCSc1[nH]c2nc(C)n(-c3cccc(C)c3)c(=N)c2c1C#N. The van der Waals surface area contributed by atoms with Crippen molar-refractivity contribution in [2.75, 3.05) is 5.75 Å². The number of aryl methyl sites for hydroxylation is 2. The molecule has 6 heteroatoms. The van der Waals surface area contributed by atoms with Gasteiger partial charge in [0.05, 0.1) is 16.0 Å². The van der Waals surface area contributed by atoms with Gasteiger partial charge in [0.1, 0.15) is 23.0 Å². The fraction of sp³-hybridized carbons (Fsp3) is 0.235. The molecule has 0 unspecified atom stereocenters. The monoisotopic (exact) mass is 323 g/mol. The molecule has 0 aliphatic carbocycles. The maximum atomic E-state index is 9.53. The molecule has 0 fully saturated rings. The molecule has 3 aromatic rings. The largest absolute Gasteiger partial charge is 0.333 e. The van der Waals surface area contributed by atoms with E-state index in [0.717, 1.165) is 22.0 Å². The van der Waals surface area contributed by atoms with E-state index in [4.69, 9.17) is 5.41 Å². The lowest BCUT2D eigenvalue weighted by molar-refractivity contribution is 0.853. The van der Waals surface area contributed by atoms with Crippen molar-refractivity contribution in [1.82, 2.24) is 14.5 Å². The number of rotatable bonds is 3. The molecule has 0 aliphatic rings. The number of benzene rings is 1. The molecule has 2 heterocycles. The number of nitrogens with one attached hydrogen (secondary N) is 2. The molecule has 1 aromatic carbocycles. The van der Waals surface area contributed by atoms with Crippen LogP contribution in [0.2, 0.25) is 0 Å². The zero-order chi connectivity index (χ0) is 16.6. The van der Waals surface area contributed by atoms with Crippen LogP contribution in [0.1, 0.15) is 23.9 Å². The Morgan fingerprint density at radius 3 is 2.83 bits per heavy atom. The lowest BCUT2D eigenvalue weighted by Gasteiger charge is -2.11. The molecule has 0 radical (unpaired) electrons. The summed E-state index contributed by atoms with van der Waals surface area (Å²) < 4.78 is 1.78. The van der Waals surface area contributed by atoms with Gasteiger partial charge >= 0.3 is 0 Å². The van der Waals surface area contributed by atoms with Crippen LogP contribution in [0.3, 0.4) is 0 Å². The quantitative estimate of drug-likeness (QED) is 0.725. The highest BCUT2D eigenvalue weighted by Crippen LogP contribution is 2.26. The third kappa shape index (κ3) is 2.53. The number of nitriles is 1. The summed E-state index contributed by atoms with van der Waals surface area (Å²) in [6.45, 7) is 5.92. The summed E-state index contributed by atoms with van der Waals surface area (Å²) in [5.41, 5.74) is 3.39. The topological polar surface area (TPSA) is 81.2 Å². The average Bonchev–Trinajstić information content (AvgIpc) is 2.85. The highest BCUT2D eigenvalue weighted by Gasteiger charge is 2.17. The molecule has 116 valence electrons. The summed E-state index contributed by atoms with van der Waals surface area (Å²) in [5, 5.41) is 19.5. The third-order valence-corrected chi connectivity index (χ3v) is 4.55. The van der Waals surface area contributed by atoms with E-state index in [9.17, 15) is 5.26 Å². The van der Waals surface area contributed by atoms with Crippen molar-refractivity contribution in [3.63, 3.8) is 0 Å². The molecule has 0 bridgehead atoms. The summed E-state index contributed by atoms with van der Waals surface area (Å²) in [6, 6.07) is 10.2. The summed E-state index contributed by atoms with van der Waals surface area (Å²) >= 11 is 1.56. The van der Waals surface area contributed by atoms with Crippen molar-refractivity contribution in [3.05, 3.63) is 46.7 Å². The van der Waals surface area contributed by atoms with Crippen LogP contribution in [0.5, 0.6) is 0 Å². The smallest absolute Gasteiger partial charge is 0.145 e. The summed E-state index contributed by atoms with van der Waals surface area (Å²) in [7, 11) is 0. The summed E-state index contributed by atoms with van der Waals surface area (Å²) in [6.07, 6.45) is 0. The highest BCUT2D eigenvalue weighted by molar-refractivity contribution is 7.99. The maximum absolute atomic E-state index is 9.53. The molecule has 0 atom stereocenters. The van der Waals surface area contributed by atoms with Crippen LogP contribution in [-0.4, -0.2) is 20.3 Å². The average molecular weight is 323 g/mol. The lowest BCUT2D eigenvalue weighted by atomic mass is 10.2. The van der Waals surface area contributed by atoms with E-state index in [1.807, 2.05) is 45.0 Å². The summed E-state index contributed by atoms with van der Waals surface area (Å²) in [5.74, 6) is 1.57. The normalized spacial score (nSPS) is 10.9. The van der Waals surface area contributed by atoms with Crippen LogP contribution in [0, 0.1) is 30.6 Å². The van der Waals surface area contributed by atoms with Crippen LogP contribution in [0.15, 0.2) is 29.3 Å². The minimum atomic E-state index is 0.286. The number of aromatic amines is 1. The Kier molecular flexibility index (Phi) is 3.97. The van der Waals surface area contributed by atoms with Crippen molar-refractivity contribution in [3.8, 4) is 11.8 Å². The van der Waals surface area contributed by atoms with E-state index in [1.165, 1.54) is 0 Å². The van der Waals surface area contributed by atoms with E-state index in [1.54, 1.807) is 16.3 Å². The Morgan fingerprint density at radius 1 is 1.39 bits per heavy atom. The molecule has 2 aromatic heterocycles. The standard InChI is InChI=1S/C17H17N5S/c1-4-23-17-13(9-18)14-15(19)22(11(3)20-16(14)21-17)12-7-5-6-10(2)8-12/h5-8,19,21H,4H2,1-3H3. The second-order valence-electron chi connectivity index (χ2n) is 5.28. The number of H-pyrrole nitrogens is 1. The van der Waals surface area contributed by atoms with Crippen LogP contribution in [-0.2, 0) is 0 Å². The zero-order valence-corrected chi connectivity index (χ0v) is 14.1. The predicted octanol–water partition coefficient (Wildman–Crippen LogP) is 3.43. The number of nitrogens with zero attached hydrogens (tertiary/aromatic N) is 3. The van der Waals surface area contributed by atoms with Crippen molar-refractivity contribution >= 4 is 22.8 Å². The maximum Gasteiger partial charge on any atom is 0.145 e. The van der Waals surface area contributed by atoms with E-state index in [-0.39, 0.29) is 5.49 Å². The van der Waals surface area contributed by atoms with Crippen LogP contribution in [0.25, 0.3) is 16.7 Å². The summed E-state index contributed by atoms with van der Waals surface area (Å²) in [4.78, 5) is 7.76. The number of hydrogen-bond acceptors (Lipinski definition) is 4. The van der Waals surface area contributed by atoms with Crippen molar-refractivity contribution in [1.29, 1.82) is 10.7 Å². The fourth-order valence-electron chi connectivity index (χ4n) is 2.71. The molecule has 0 amide bonds. The molecule has 0 aliphatic heterocycles. The number of thioether (sulfide) groups is 1. The fourth-order valence-corrected chi connectivity index (χ4v) is 3.46. The minimum absolute atomic E-state index is 0.286. The van der Waals surface area contributed by atoms with Gasteiger partial charge in [0.15, 0.2) is 0 Å². The van der Waals surface area contributed by atoms with Gasteiger partial charge in [0, 0.05) is 5.69 Å². The first-order valence-corrected chi connectivity index (χ1v) is 8.35. The minimum Gasteiger partial charge on any atom is -0.333 e. The van der Waals surface area contributed by atoms with Gasteiger partial charge in [-0.15, -0.1) is 11.8 Å². The van der Waals surface area contributed by atoms with E-state index >= 15 is 0 Å². The van der Waals surface area contributed by atoms with Crippen LogP contribution >= 0.6 is 11.8 Å². The Balaban J connectivity index is 2.37. The van der Waals surface area contributed by atoms with Crippen LogP contribution < -0.4 is 5.49 Å². The number of hydrogen-bond donors (Lipinski definition) is 2. The van der Waals surface area contributed by atoms with Crippen molar-refractivity contribution < 1.29 is 0 Å². The van der Waals surface area contributed by atoms with Gasteiger partial charge in [0.2, 0.25) is 0 Å². The van der Waals surface area contributed by atoms with Gasteiger partial charge < -0.3 is 4.98 Å². The molecule has 2 N–H and O–H groups in total. The third-order valence-electron chi connectivity index (χ3n) is 3.66. The van der Waals surface area contributed by atoms with Gasteiger partial charge in [-0.05, 0) is 37.3 Å². The van der Waals surface area contributed by atoms with Crippen LogP contribution in [0.4, 0.5) is 0 Å². The van der Waals surface area contributed by atoms with E-state index in [2.05, 4.69) is 16.0 Å². The predicted molar refractivity (Wildman–Crippen MR) is 91.9 cm³/mol. The van der Waals surface area contributed by atoms with Gasteiger partial charge in [-0.1, -0.05) is 19.1 Å². The molecule has 0 saturated carbocycles. The van der Waals surface area contributed by atoms with Crippen molar-refractivity contribution in [2.45, 2.75) is 25.8 Å². The second-order valence-corrected chi connectivity index (χ2v) is 6.55. The zero-order valence-electron chi connectivity index (χ0n) is 13.3. The first kappa shape index (κ1) is 15.4. The number of fused-ring (bicyclic) bond motifs is 1.